The van der Waals surface area contributed by atoms with Crippen LogP contribution in [0.2, 0.25) is 0 Å². The van der Waals surface area contributed by atoms with Gasteiger partial charge in [-0.15, -0.1) is 23.7 Å². The Kier molecular flexibility index (Phi) is 5.98. The molecule has 90 valence electrons. The molecule has 0 spiro atoms. The molecule has 1 aliphatic heterocycles. The fourth-order valence-corrected chi connectivity index (χ4v) is 2.32. The van der Waals surface area contributed by atoms with E-state index in [1.807, 2.05) is 17.5 Å². The highest BCUT2D eigenvalue weighted by Gasteiger charge is 2.15. The molecule has 16 heavy (non-hydrogen) atoms. The number of nitrogens with one attached hydrogen (secondary N) is 1. The second-order valence-electron chi connectivity index (χ2n) is 3.66. The zero-order chi connectivity index (χ0) is 10.5. The summed E-state index contributed by atoms with van der Waals surface area (Å²) in [5.41, 5.74) is 0. The molecule has 0 bridgehead atoms. The molecule has 1 fully saturated rings. The van der Waals surface area contributed by atoms with E-state index in [1.54, 1.807) is 0 Å². The number of hydrogen-bond donors (Lipinski definition) is 1. The van der Waals surface area contributed by atoms with Crippen molar-refractivity contribution < 1.29 is 9.53 Å². The van der Waals surface area contributed by atoms with Crippen molar-refractivity contribution in [2.75, 3.05) is 19.7 Å². The number of thiophene rings is 1. The van der Waals surface area contributed by atoms with Crippen molar-refractivity contribution in [2.24, 2.45) is 0 Å². The lowest BCUT2D eigenvalue weighted by molar-refractivity contribution is 0.0320. The van der Waals surface area contributed by atoms with Gasteiger partial charge in [0.05, 0.1) is 11.0 Å². The molecule has 1 aromatic heterocycles. The first-order valence-corrected chi connectivity index (χ1v) is 6.13. The van der Waals surface area contributed by atoms with Crippen LogP contribution in [-0.2, 0) is 4.74 Å². The van der Waals surface area contributed by atoms with Crippen LogP contribution in [0.5, 0.6) is 0 Å². The molecule has 1 saturated heterocycles. The van der Waals surface area contributed by atoms with Crippen LogP contribution in [0.15, 0.2) is 17.5 Å². The van der Waals surface area contributed by atoms with Crippen LogP contribution in [0.25, 0.3) is 0 Å². The van der Waals surface area contributed by atoms with Gasteiger partial charge in [0.2, 0.25) is 0 Å². The van der Waals surface area contributed by atoms with Crippen LogP contribution < -0.4 is 5.32 Å². The molecule has 3 nitrogen and oxygen atoms in total. The van der Waals surface area contributed by atoms with Gasteiger partial charge in [0, 0.05) is 0 Å². The summed E-state index contributed by atoms with van der Waals surface area (Å²) in [5.74, 6) is 0.100. The van der Waals surface area contributed by atoms with Gasteiger partial charge in [-0.05, 0) is 37.4 Å². The summed E-state index contributed by atoms with van der Waals surface area (Å²) < 4.78 is 5.59. The van der Waals surface area contributed by atoms with Crippen molar-refractivity contribution in [1.29, 1.82) is 0 Å². The molecular formula is C11H16ClNO2S. The number of Topliss-reactive ketones (excluding diaryl/α,β-unsaturated/α-hetero) is 1. The quantitative estimate of drug-likeness (QED) is 0.844. The fraction of sp³-hybridized carbons (Fsp3) is 0.545. The zero-order valence-corrected chi connectivity index (χ0v) is 10.6. The van der Waals surface area contributed by atoms with E-state index in [0.29, 0.717) is 0 Å². The Hall–Kier alpha value is -0.420. The minimum absolute atomic E-state index is 0. The summed E-state index contributed by atoms with van der Waals surface area (Å²) >= 11 is 1.48. The SMILES string of the molecule is Cl.O=C(COC1CCNCC1)c1cccs1. The Morgan fingerprint density at radius 1 is 1.50 bits per heavy atom. The molecule has 0 amide bonds. The van der Waals surface area contributed by atoms with E-state index in [0.717, 1.165) is 30.8 Å². The number of carbonyl (C=O) groups is 1. The molecule has 2 heterocycles. The summed E-state index contributed by atoms with van der Waals surface area (Å²) in [4.78, 5) is 12.4. The summed E-state index contributed by atoms with van der Waals surface area (Å²) in [6, 6.07) is 3.74. The standard InChI is InChI=1S/C11H15NO2S.ClH/c13-10(11-2-1-7-15-11)8-14-9-3-5-12-6-4-9;/h1-2,7,9,12H,3-6,8H2;1H. The topological polar surface area (TPSA) is 38.3 Å². The molecule has 0 atom stereocenters. The largest absolute Gasteiger partial charge is 0.370 e. The number of piperidine rings is 1. The van der Waals surface area contributed by atoms with Gasteiger partial charge < -0.3 is 10.1 Å². The van der Waals surface area contributed by atoms with E-state index >= 15 is 0 Å². The van der Waals surface area contributed by atoms with Crippen LogP contribution in [0, 0.1) is 0 Å². The molecule has 0 radical (unpaired) electrons. The first-order chi connectivity index (χ1) is 7.36. The van der Waals surface area contributed by atoms with Gasteiger partial charge in [-0.2, -0.15) is 0 Å². The summed E-state index contributed by atoms with van der Waals surface area (Å²) in [6.45, 7) is 2.22. The average molecular weight is 262 g/mol. The van der Waals surface area contributed by atoms with E-state index in [9.17, 15) is 4.79 Å². The van der Waals surface area contributed by atoms with Crippen molar-refractivity contribution in [3.8, 4) is 0 Å². The predicted molar refractivity (Wildman–Crippen MR) is 67.7 cm³/mol. The molecule has 0 aromatic carbocycles. The Morgan fingerprint density at radius 3 is 2.88 bits per heavy atom. The molecule has 0 unspecified atom stereocenters. The minimum atomic E-state index is 0. The number of hydrogen-bond acceptors (Lipinski definition) is 4. The predicted octanol–water partition coefficient (Wildman–Crippen LogP) is 2.12. The Balaban J connectivity index is 0.00000128. The van der Waals surface area contributed by atoms with Crippen LogP contribution in [0.3, 0.4) is 0 Å². The van der Waals surface area contributed by atoms with E-state index in [2.05, 4.69) is 5.32 Å². The van der Waals surface area contributed by atoms with E-state index in [-0.39, 0.29) is 30.9 Å². The first kappa shape index (κ1) is 13.6. The maximum Gasteiger partial charge on any atom is 0.198 e. The molecule has 1 N–H and O–H groups in total. The summed E-state index contributed by atoms with van der Waals surface area (Å²) in [7, 11) is 0. The van der Waals surface area contributed by atoms with Crippen molar-refractivity contribution >= 4 is 29.5 Å². The van der Waals surface area contributed by atoms with Crippen LogP contribution >= 0.6 is 23.7 Å². The third kappa shape index (κ3) is 3.87. The maximum atomic E-state index is 11.6. The Bertz CT molecular complexity index is 310. The number of halogens is 1. The number of rotatable bonds is 4. The lowest BCUT2D eigenvalue weighted by Crippen LogP contribution is -2.33. The van der Waals surface area contributed by atoms with Gasteiger partial charge in [-0.3, -0.25) is 4.79 Å². The lowest BCUT2D eigenvalue weighted by Gasteiger charge is -2.22. The van der Waals surface area contributed by atoms with Crippen molar-refractivity contribution in [1.82, 2.24) is 5.32 Å². The average Bonchev–Trinajstić information content (AvgIpc) is 2.81. The van der Waals surface area contributed by atoms with Crippen LogP contribution in [0.1, 0.15) is 22.5 Å². The van der Waals surface area contributed by atoms with Crippen molar-refractivity contribution in [3.63, 3.8) is 0 Å². The highest BCUT2D eigenvalue weighted by atomic mass is 35.5. The van der Waals surface area contributed by atoms with E-state index < -0.39 is 0 Å². The van der Waals surface area contributed by atoms with Crippen LogP contribution in [-0.4, -0.2) is 31.6 Å². The molecule has 5 heteroatoms. The minimum Gasteiger partial charge on any atom is -0.370 e. The van der Waals surface area contributed by atoms with Gasteiger partial charge in [0.15, 0.2) is 5.78 Å². The second-order valence-corrected chi connectivity index (χ2v) is 4.61. The number of ketones is 1. The highest BCUT2D eigenvalue weighted by molar-refractivity contribution is 7.12. The number of ether oxygens (including phenoxy) is 1. The normalized spacial score (nSPS) is 16.8. The second kappa shape index (κ2) is 7.01. The summed E-state index contributed by atoms with van der Waals surface area (Å²) in [6.07, 6.45) is 2.28. The first-order valence-electron chi connectivity index (χ1n) is 5.25. The molecule has 0 aliphatic carbocycles. The molecular weight excluding hydrogens is 246 g/mol. The highest BCUT2D eigenvalue weighted by Crippen LogP contribution is 2.12. The van der Waals surface area contributed by atoms with Gasteiger partial charge in [-0.25, -0.2) is 0 Å². The molecule has 1 aliphatic rings. The van der Waals surface area contributed by atoms with E-state index in [4.69, 9.17) is 4.74 Å². The third-order valence-corrected chi connectivity index (χ3v) is 3.44. The van der Waals surface area contributed by atoms with E-state index in [1.165, 1.54) is 11.3 Å². The Morgan fingerprint density at radius 2 is 2.25 bits per heavy atom. The smallest absolute Gasteiger partial charge is 0.198 e. The van der Waals surface area contributed by atoms with Gasteiger partial charge in [0.1, 0.15) is 6.61 Å². The van der Waals surface area contributed by atoms with Gasteiger partial charge in [-0.1, -0.05) is 6.07 Å². The van der Waals surface area contributed by atoms with Crippen molar-refractivity contribution in [3.05, 3.63) is 22.4 Å². The Labute approximate surface area is 106 Å². The molecule has 0 saturated carbocycles. The van der Waals surface area contributed by atoms with Crippen LogP contribution in [0.4, 0.5) is 0 Å². The fourth-order valence-electron chi connectivity index (χ4n) is 1.66. The monoisotopic (exact) mass is 261 g/mol. The van der Waals surface area contributed by atoms with Gasteiger partial charge in [0.25, 0.3) is 0 Å². The number of carbonyl (C=O) groups excluding carboxylic acids is 1. The molecule has 1 aromatic rings. The summed E-state index contributed by atoms with van der Waals surface area (Å²) in [5, 5.41) is 5.18. The lowest BCUT2D eigenvalue weighted by atomic mass is 10.1. The zero-order valence-electron chi connectivity index (χ0n) is 8.98. The van der Waals surface area contributed by atoms with Gasteiger partial charge >= 0.3 is 0 Å². The third-order valence-electron chi connectivity index (χ3n) is 2.53. The maximum absolute atomic E-state index is 11.6. The molecule has 2 rings (SSSR count). The van der Waals surface area contributed by atoms with Crippen molar-refractivity contribution in [2.45, 2.75) is 18.9 Å².